The van der Waals surface area contributed by atoms with Gasteiger partial charge in [-0.3, -0.25) is 4.68 Å². The Morgan fingerprint density at radius 3 is 2.57 bits per heavy atom. The van der Waals surface area contributed by atoms with Crippen molar-refractivity contribution in [2.45, 2.75) is 38.3 Å². The van der Waals surface area contributed by atoms with Gasteiger partial charge in [-0.05, 0) is 30.5 Å². The normalized spacial score (nSPS) is 15.3. The SMILES string of the molecule is CN(C)c1ccc(CNc2cnn(C3CCCC3)c2)cc1. The third-order valence-electron chi connectivity index (χ3n) is 4.25. The molecule has 1 fully saturated rings. The smallest absolute Gasteiger partial charge is 0.0729 e. The van der Waals surface area contributed by atoms with Gasteiger partial charge in [0.1, 0.15) is 0 Å². The van der Waals surface area contributed by atoms with Crippen LogP contribution in [-0.4, -0.2) is 23.9 Å². The summed E-state index contributed by atoms with van der Waals surface area (Å²) in [6, 6.07) is 9.26. The molecule has 0 atom stereocenters. The maximum atomic E-state index is 4.50. The molecule has 0 amide bonds. The molecule has 1 heterocycles. The Morgan fingerprint density at radius 2 is 1.90 bits per heavy atom. The van der Waals surface area contributed by atoms with E-state index in [0.29, 0.717) is 6.04 Å². The molecular weight excluding hydrogens is 260 g/mol. The van der Waals surface area contributed by atoms with Gasteiger partial charge in [0.2, 0.25) is 0 Å². The zero-order valence-electron chi connectivity index (χ0n) is 12.9. The molecule has 1 saturated carbocycles. The van der Waals surface area contributed by atoms with Crippen LogP contribution in [-0.2, 0) is 6.54 Å². The van der Waals surface area contributed by atoms with Gasteiger partial charge in [0.15, 0.2) is 0 Å². The molecule has 0 saturated heterocycles. The first-order valence-corrected chi connectivity index (χ1v) is 7.76. The molecule has 1 aliphatic rings. The van der Waals surface area contributed by atoms with Crippen LogP contribution in [0.3, 0.4) is 0 Å². The average Bonchev–Trinajstić information content (AvgIpc) is 3.16. The van der Waals surface area contributed by atoms with Gasteiger partial charge in [-0.1, -0.05) is 25.0 Å². The Hall–Kier alpha value is -1.97. The number of nitrogens with one attached hydrogen (secondary N) is 1. The summed E-state index contributed by atoms with van der Waals surface area (Å²) in [4.78, 5) is 2.11. The van der Waals surface area contributed by atoms with Crippen molar-refractivity contribution in [3.8, 4) is 0 Å². The van der Waals surface area contributed by atoms with Crippen molar-refractivity contribution in [3.63, 3.8) is 0 Å². The van der Waals surface area contributed by atoms with Gasteiger partial charge in [0, 0.05) is 32.5 Å². The molecule has 1 aromatic heterocycles. The first-order chi connectivity index (χ1) is 10.2. The second-order valence-corrected chi connectivity index (χ2v) is 6.06. The van der Waals surface area contributed by atoms with E-state index in [1.165, 1.54) is 36.9 Å². The number of anilines is 2. The highest BCUT2D eigenvalue weighted by Gasteiger charge is 2.17. The average molecular weight is 284 g/mol. The second-order valence-electron chi connectivity index (χ2n) is 6.06. The number of rotatable bonds is 5. The minimum absolute atomic E-state index is 0.611. The minimum Gasteiger partial charge on any atom is -0.378 e. The van der Waals surface area contributed by atoms with E-state index >= 15 is 0 Å². The van der Waals surface area contributed by atoms with E-state index in [1.807, 2.05) is 6.20 Å². The second kappa shape index (κ2) is 6.20. The number of hydrogen-bond acceptors (Lipinski definition) is 3. The third kappa shape index (κ3) is 3.38. The van der Waals surface area contributed by atoms with Gasteiger partial charge in [-0.2, -0.15) is 5.10 Å². The molecule has 0 radical (unpaired) electrons. The molecule has 3 rings (SSSR count). The number of hydrogen-bond donors (Lipinski definition) is 1. The largest absolute Gasteiger partial charge is 0.378 e. The molecule has 4 heteroatoms. The van der Waals surface area contributed by atoms with Crippen LogP contribution in [0, 0.1) is 0 Å². The molecular formula is C17H24N4. The summed E-state index contributed by atoms with van der Waals surface area (Å²) in [5.41, 5.74) is 3.63. The van der Waals surface area contributed by atoms with Crippen molar-refractivity contribution < 1.29 is 0 Å². The van der Waals surface area contributed by atoms with Crippen molar-refractivity contribution in [2.75, 3.05) is 24.3 Å². The summed E-state index contributed by atoms with van der Waals surface area (Å²) in [6.07, 6.45) is 9.30. The zero-order chi connectivity index (χ0) is 14.7. The van der Waals surface area contributed by atoms with Crippen LogP contribution >= 0.6 is 0 Å². The van der Waals surface area contributed by atoms with E-state index in [9.17, 15) is 0 Å². The molecule has 1 N–H and O–H groups in total. The minimum atomic E-state index is 0.611. The van der Waals surface area contributed by atoms with E-state index in [0.717, 1.165) is 12.2 Å². The van der Waals surface area contributed by atoms with Gasteiger partial charge in [-0.25, -0.2) is 0 Å². The Morgan fingerprint density at radius 1 is 1.19 bits per heavy atom. The quantitative estimate of drug-likeness (QED) is 0.909. The van der Waals surface area contributed by atoms with Crippen molar-refractivity contribution >= 4 is 11.4 Å². The predicted octanol–water partition coefficient (Wildman–Crippen LogP) is 3.68. The van der Waals surface area contributed by atoms with Gasteiger partial charge in [0.05, 0.1) is 17.9 Å². The summed E-state index contributed by atoms with van der Waals surface area (Å²) in [5, 5.41) is 7.95. The maximum absolute atomic E-state index is 4.50. The Kier molecular flexibility index (Phi) is 4.13. The predicted molar refractivity (Wildman–Crippen MR) is 87.8 cm³/mol. The third-order valence-corrected chi connectivity index (χ3v) is 4.25. The van der Waals surface area contributed by atoms with E-state index in [-0.39, 0.29) is 0 Å². The lowest BCUT2D eigenvalue weighted by Gasteiger charge is -2.13. The van der Waals surface area contributed by atoms with E-state index in [4.69, 9.17) is 0 Å². The van der Waals surface area contributed by atoms with Crippen LogP contribution < -0.4 is 10.2 Å². The van der Waals surface area contributed by atoms with E-state index in [1.54, 1.807) is 0 Å². The van der Waals surface area contributed by atoms with Crippen LogP contribution in [0.5, 0.6) is 0 Å². The Labute approximate surface area is 126 Å². The van der Waals surface area contributed by atoms with E-state index in [2.05, 4.69) is 64.6 Å². The maximum Gasteiger partial charge on any atom is 0.0729 e. The fourth-order valence-electron chi connectivity index (χ4n) is 2.91. The number of nitrogens with zero attached hydrogens (tertiary/aromatic N) is 3. The molecule has 0 aliphatic heterocycles. The van der Waals surface area contributed by atoms with Crippen molar-refractivity contribution in [2.24, 2.45) is 0 Å². The van der Waals surface area contributed by atoms with Gasteiger partial charge >= 0.3 is 0 Å². The summed E-state index contributed by atoms with van der Waals surface area (Å²) in [7, 11) is 4.12. The monoisotopic (exact) mass is 284 g/mol. The summed E-state index contributed by atoms with van der Waals surface area (Å²) < 4.78 is 2.13. The Balaban J connectivity index is 1.57. The first-order valence-electron chi connectivity index (χ1n) is 7.76. The molecule has 4 nitrogen and oxygen atoms in total. The lowest BCUT2D eigenvalue weighted by Crippen LogP contribution is -2.08. The highest BCUT2D eigenvalue weighted by molar-refractivity contribution is 5.47. The van der Waals surface area contributed by atoms with Crippen LogP contribution in [0.4, 0.5) is 11.4 Å². The lowest BCUT2D eigenvalue weighted by atomic mass is 10.2. The molecule has 0 spiro atoms. The molecule has 0 unspecified atom stereocenters. The Bertz CT molecular complexity index is 565. The molecule has 2 aromatic rings. The van der Waals surface area contributed by atoms with Gasteiger partial charge < -0.3 is 10.2 Å². The van der Waals surface area contributed by atoms with E-state index < -0.39 is 0 Å². The molecule has 0 bridgehead atoms. The van der Waals surface area contributed by atoms with Gasteiger partial charge in [-0.15, -0.1) is 0 Å². The summed E-state index contributed by atoms with van der Waals surface area (Å²) >= 11 is 0. The molecule has 1 aromatic carbocycles. The number of aromatic nitrogens is 2. The zero-order valence-corrected chi connectivity index (χ0v) is 12.9. The summed E-state index contributed by atoms with van der Waals surface area (Å²) in [6.45, 7) is 0.837. The molecule has 21 heavy (non-hydrogen) atoms. The van der Waals surface area contributed by atoms with Crippen LogP contribution in [0.25, 0.3) is 0 Å². The van der Waals surface area contributed by atoms with Crippen LogP contribution in [0.2, 0.25) is 0 Å². The fourth-order valence-corrected chi connectivity index (χ4v) is 2.91. The molecule has 112 valence electrons. The highest BCUT2D eigenvalue weighted by Crippen LogP contribution is 2.29. The highest BCUT2D eigenvalue weighted by atomic mass is 15.3. The lowest BCUT2D eigenvalue weighted by molar-refractivity contribution is 0.467. The fraction of sp³-hybridized carbons (Fsp3) is 0.471. The van der Waals surface area contributed by atoms with Gasteiger partial charge in [0.25, 0.3) is 0 Å². The van der Waals surface area contributed by atoms with Crippen molar-refractivity contribution in [3.05, 3.63) is 42.2 Å². The van der Waals surface area contributed by atoms with Crippen LogP contribution in [0.15, 0.2) is 36.7 Å². The van der Waals surface area contributed by atoms with Crippen molar-refractivity contribution in [1.29, 1.82) is 0 Å². The number of benzene rings is 1. The van der Waals surface area contributed by atoms with Crippen molar-refractivity contribution in [1.82, 2.24) is 9.78 Å². The standard InChI is InChI=1S/C17H24N4/c1-20(2)16-9-7-14(8-10-16)11-18-15-12-19-21(13-15)17-5-3-4-6-17/h7-10,12-13,17-18H,3-6,11H2,1-2H3. The molecule has 1 aliphatic carbocycles. The van der Waals surface area contributed by atoms with Crippen LogP contribution in [0.1, 0.15) is 37.3 Å². The summed E-state index contributed by atoms with van der Waals surface area (Å²) in [5.74, 6) is 0. The first kappa shape index (κ1) is 14.0. The topological polar surface area (TPSA) is 33.1 Å².